The van der Waals surface area contributed by atoms with E-state index in [1.54, 1.807) is 6.08 Å². The summed E-state index contributed by atoms with van der Waals surface area (Å²) in [6.45, 7) is 4.04. The molecule has 1 N–H and O–H groups in total. The molecule has 0 aromatic heterocycles. The second kappa shape index (κ2) is 5.71. The first-order chi connectivity index (χ1) is 5.13. The number of rotatable bonds is 4. The van der Waals surface area contributed by atoms with Gasteiger partial charge in [-0.15, -0.1) is 0 Å². The summed E-state index contributed by atoms with van der Waals surface area (Å²) in [5.74, 6) is -0.779. The molecule has 0 saturated heterocycles. The average molecular weight is 154 g/mol. The highest BCUT2D eigenvalue weighted by atomic mass is 16.4. The van der Waals surface area contributed by atoms with Crippen molar-refractivity contribution in [2.45, 2.75) is 26.7 Å². The topological polar surface area (TPSA) is 37.3 Å². The normalized spacial score (nSPS) is 10.0. The van der Waals surface area contributed by atoms with Gasteiger partial charge in [0, 0.05) is 0 Å². The molecule has 2 heteroatoms. The molecule has 0 aromatic rings. The lowest BCUT2D eigenvalue weighted by Crippen LogP contribution is -1.89. The Balaban J connectivity index is 3.46. The van der Waals surface area contributed by atoms with Crippen LogP contribution in [0.4, 0.5) is 0 Å². The predicted octanol–water partition coefficient (Wildman–Crippen LogP) is 2.37. The largest absolute Gasteiger partial charge is 0.481 e. The molecule has 0 saturated carbocycles. The van der Waals surface area contributed by atoms with Gasteiger partial charge < -0.3 is 5.11 Å². The van der Waals surface area contributed by atoms with E-state index in [1.165, 1.54) is 5.57 Å². The van der Waals surface area contributed by atoms with Crippen LogP contribution in [0, 0.1) is 0 Å². The Morgan fingerprint density at radius 2 is 2.00 bits per heavy atom. The Labute approximate surface area is 67.2 Å². The van der Waals surface area contributed by atoms with Crippen molar-refractivity contribution in [3.05, 3.63) is 23.8 Å². The lowest BCUT2D eigenvalue weighted by Gasteiger charge is -1.85. The van der Waals surface area contributed by atoms with Gasteiger partial charge in [-0.25, -0.2) is 0 Å². The van der Waals surface area contributed by atoms with Crippen LogP contribution in [0.25, 0.3) is 0 Å². The van der Waals surface area contributed by atoms with Crippen LogP contribution in [-0.2, 0) is 4.79 Å². The molecular weight excluding hydrogens is 140 g/mol. The van der Waals surface area contributed by atoms with Gasteiger partial charge >= 0.3 is 5.97 Å². The van der Waals surface area contributed by atoms with Gasteiger partial charge in [0.25, 0.3) is 0 Å². The molecule has 0 aliphatic rings. The van der Waals surface area contributed by atoms with E-state index in [1.807, 2.05) is 19.9 Å². The van der Waals surface area contributed by atoms with Gasteiger partial charge in [0.15, 0.2) is 0 Å². The summed E-state index contributed by atoms with van der Waals surface area (Å²) >= 11 is 0. The third-order valence-corrected chi connectivity index (χ3v) is 1.12. The second-order valence-electron chi connectivity index (χ2n) is 2.59. The SMILES string of the molecule is CC(C)=CC/C=C/CC(=O)O. The number of aliphatic carboxylic acids is 1. The molecule has 0 bridgehead atoms. The molecule has 0 aromatic carbocycles. The maximum atomic E-state index is 10.0. The molecule has 0 rings (SSSR count). The molecule has 2 nitrogen and oxygen atoms in total. The zero-order chi connectivity index (χ0) is 8.69. The van der Waals surface area contributed by atoms with Crippen LogP contribution >= 0.6 is 0 Å². The van der Waals surface area contributed by atoms with Crippen molar-refractivity contribution in [3.63, 3.8) is 0 Å². The summed E-state index contributed by atoms with van der Waals surface area (Å²) in [6.07, 6.45) is 6.54. The maximum absolute atomic E-state index is 10.0. The van der Waals surface area contributed by atoms with Crippen molar-refractivity contribution in [1.29, 1.82) is 0 Å². The Kier molecular flexibility index (Phi) is 5.17. The first-order valence-electron chi connectivity index (χ1n) is 3.63. The molecule has 0 atom stereocenters. The Bertz CT molecular complexity index is 174. The van der Waals surface area contributed by atoms with Crippen molar-refractivity contribution < 1.29 is 9.90 Å². The molecule has 11 heavy (non-hydrogen) atoms. The van der Waals surface area contributed by atoms with Crippen LogP contribution in [0.1, 0.15) is 26.7 Å². The minimum absolute atomic E-state index is 0.122. The van der Waals surface area contributed by atoms with E-state index in [-0.39, 0.29) is 6.42 Å². The first kappa shape index (κ1) is 9.95. The van der Waals surface area contributed by atoms with E-state index in [0.29, 0.717) is 0 Å². The van der Waals surface area contributed by atoms with Crippen molar-refractivity contribution in [1.82, 2.24) is 0 Å². The van der Waals surface area contributed by atoms with Gasteiger partial charge in [-0.1, -0.05) is 23.8 Å². The summed E-state index contributed by atoms with van der Waals surface area (Å²) in [4.78, 5) is 10.0. The fourth-order valence-electron chi connectivity index (χ4n) is 0.584. The first-order valence-corrected chi connectivity index (χ1v) is 3.63. The predicted molar refractivity (Wildman–Crippen MR) is 45.4 cm³/mol. The summed E-state index contributed by atoms with van der Waals surface area (Å²) in [5.41, 5.74) is 1.25. The monoisotopic (exact) mass is 154 g/mol. The van der Waals surface area contributed by atoms with E-state index in [0.717, 1.165) is 6.42 Å². The summed E-state index contributed by atoms with van der Waals surface area (Å²) < 4.78 is 0. The van der Waals surface area contributed by atoms with Crippen molar-refractivity contribution in [3.8, 4) is 0 Å². The van der Waals surface area contributed by atoms with E-state index in [4.69, 9.17) is 5.11 Å². The van der Waals surface area contributed by atoms with Gasteiger partial charge in [0.2, 0.25) is 0 Å². The average Bonchev–Trinajstić information content (AvgIpc) is 1.85. The van der Waals surface area contributed by atoms with E-state index < -0.39 is 5.97 Å². The van der Waals surface area contributed by atoms with E-state index >= 15 is 0 Å². The molecule has 0 aliphatic carbocycles. The Hall–Kier alpha value is -1.05. The Morgan fingerprint density at radius 1 is 1.36 bits per heavy atom. The van der Waals surface area contributed by atoms with Gasteiger partial charge in [-0.05, 0) is 20.3 Å². The minimum atomic E-state index is -0.779. The number of carboxylic acids is 1. The Morgan fingerprint density at radius 3 is 2.45 bits per heavy atom. The summed E-state index contributed by atoms with van der Waals surface area (Å²) in [5, 5.41) is 8.26. The molecule has 0 aliphatic heterocycles. The van der Waals surface area contributed by atoms with Crippen LogP contribution < -0.4 is 0 Å². The van der Waals surface area contributed by atoms with Gasteiger partial charge in [0.1, 0.15) is 0 Å². The number of carboxylic acid groups (broad SMARTS) is 1. The fourth-order valence-corrected chi connectivity index (χ4v) is 0.584. The zero-order valence-electron chi connectivity index (χ0n) is 7.00. The van der Waals surface area contributed by atoms with Gasteiger partial charge in [-0.3, -0.25) is 4.79 Å². The number of allylic oxidation sites excluding steroid dienone is 3. The highest BCUT2D eigenvalue weighted by Gasteiger charge is 1.87. The smallest absolute Gasteiger partial charge is 0.307 e. The number of carbonyl (C=O) groups is 1. The maximum Gasteiger partial charge on any atom is 0.307 e. The van der Waals surface area contributed by atoms with Crippen LogP contribution in [0.2, 0.25) is 0 Å². The molecule has 0 fully saturated rings. The van der Waals surface area contributed by atoms with E-state index in [9.17, 15) is 4.79 Å². The molecule has 0 spiro atoms. The lowest BCUT2D eigenvalue weighted by molar-refractivity contribution is -0.136. The highest BCUT2D eigenvalue weighted by Crippen LogP contribution is 1.94. The van der Waals surface area contributed by atoms with Crippen LogP contribution in [0.3, 0.4) is 0 Å². The number of hydrogen-bond acceptors (Lipinski definition) is 1. The molecule has 62 valence electrons. The summed E-state index contributed by atoms with van der Waals surface area (Å²) in [7, 11) is 0. The third kappa shape index (κ3) is 8.95. The molecular formula is C9H14O2. The standard InChI is InChI=1S/C9H14O2/c1-8(2)6-4-3-5-7-9(10)11/h3,5-6H,4,7H2,1-2H3,(H,10,11)/b5-3+. The van der Waals surface area contributed by atoms with Crippen LogP contribution in [-0.4, -0.2) is 11.1 Å². The van der Waals surface area contributed by atoms with Crippen LogP contribution in [0.15, 0.2) is 23.8 Å². The number of hydrogen-bond donors (Lipinski definition) is 1. The third-order valence-electron chi connectivity index (χ3n) is 1.12. The minimum Gasteiger partial charge on any atom is -0.481 e. The van der Waals surface area contributed by atoms with Crippen molar-refractivity contribution in [2.75, 3.05) is 0 Å². The van der Waals surface area contributed by atoms with E-state index in [2.05, 4.69) is 6.08 Å². The highest BCUT2D eigenvalue weighted by molar-refractivity contribution is 5.68. The zero-order valence-corrected chi connectivity index (χ0v) is 7.00. The van der Waals surface area contributed by atoms with Gasteiger partial charge in [0.05, 0.1) is 6.42 Å². The van der Waals surface area contributed by atoms with Crippen molar-refractivity contribution in [2.24, 2.45) is 0 Å². The van der Waals surface area contributed by atoms with Crippen LogP contribution in [0.5, 0.6) is 0 Å². The molecule has 0 heterocycles. The molecule has 0 unspecified atom stereocenters. The second-order valence-corrected chi connectivity index (χ2v) is 2.59. The summed E-state index contributed by atoms with van der Waals surface area (Å²) in [6, 6.07) is 0. The molecule has 0 amide bonds. The lowest BCUT2D eigenvalue weighted by atomic mass is 10.2. The molecule has 0 radical (unpaired) electrons. The van der Waals surface area contributed by atoms with Crippen molar-refractivity contribution >= 4 is 5.97 Å². The van der Waals surface area contributed by atoms with Gasteiger partial charge in [-0.2, -0.15) is 0 Å². The fraction of sp³-hybridized carbons (Fsp3) is 0.444. The quantitative estimate of drug-likeness (QED) is 0.631.